The van der Waals surface area contributed by atoms with Crippen LogP contribution in [-0.4, -0.2) is 46.7 Å². The molecule has 0 aliphatic carbocycles. The van der Waals surface area contributed by atoms with Crippen LogP contribution in [0.4, 0.5) is 11.4 Å². The van der Waals surface area contributed by atoms with E-state index in [2.05, 4.69) is 5.32 Å². The average Bonchev–Trinajstić information content (AvgIpc) is 3.40. The van der Waals surface area contributed by atoms with E-state index in [0.29, 0.717) is 23.8 Å². The van der Waals surface area contributed by atoms with Gasteiger partial charge in [0.2, 0.25) is 15.9 Å². The van der Waals surface area contributed by atoms with E-state index in [0.717, 1.165) is 17.1 Å². The monoisotopic (exact) mass is 533 g/mol. The topological polar surface area (TPSA) is 104 Å². The number of nitrogens with one attached hydrogen (secondary N) is 1. The lowest BCUT2D eigenvalue weighted by molar-refractivity contribution is -0.114. The molecule has 1 heterocycles. The zero-order chi connectivity index (χ0) is 25.1. The summed E-state index contributed by atoms with van der Waals surface area (Å²) in [5.41, 5.74) is 0.629. The highest BCUT2D eigenvalue weighted by Crippen LogP contribution is 2.26. The van der Waals surface area contributed by atoms with Crippen LogP contribution in [0.15, 0.2) is 88.7 Å². The van der Waals surface area contributed by atoms with Gasteiger partial charge in [0.05, 0.1) is 15.5 Å². The van der Waals surface area contributed by atoms with Gasteiger partial charge in [0, 0.05) is 23.8 Å². The van der Waals surface area contributed by atoms with Gasteiger partial charge in [0.25, 0.3) is 10.0 Å². The Morgan fingerprint density at radius 3 is 2.03 bits per heavy atom. The van der Waals surface area contributed by atoms with Crippen LogP contribution in [0, 0.1) is 0 Å². The zero-order valence-electron chi connectivity index (χ0n) is 18.7. The van der Waals surface area contributed by atoms with E-state index in [1.54, 1.807) is 30.3 Å². The maximum atomic E-state index is 13.3. The Balaban J connectivity index is 1.54. The van der Waals surface area contributed by atoms with Crippen LogP contribution in [0.2, 0.25) is 5.02 Å². The highest BCUT2D eigenvalue weighted by molar-refractivity contribution is 7.92. The molecular weight excluding hydrogens is 510 g/mol. The zero-order valence-corrected chi connectivity index (χ0v) is 21.1. The SMILES string of the molecule is O=C(CN(c1ccc(Cl)cc1)S(=O)(=O)c1ccccc1)Nc1ccc(S(=O)(=O)N2CCCC2)cc1. The van der Waals surface area contributed by atoms with Gasteiger partial charge in [0.1, 0.15) is 6.54 Å². The van der Waals surface area contributed by atoms with E-state index in [9.17, 15) is 21.6 Å². The molecule has 8 nitrogen and oxygen atoms in total. The Morgan fingerprint density at radius 2 is 1.43 bits per heavy atom. The van der Waals surface area contributed by atoms with Crippen molar-refractivity contribution >= 4 is 48.9 Å². The summed E-state index contributed by atoms with van der Waals surface area (Å²) in [5, 5.41) is 3.08. The van der Waals surface area contributed by atoms with Crippen LogP contribution in [-0.2, 0) is 24.8 Å². The maximum Gasteiger partial charge on any atom is 0.264 e. The van der Waals surface area contributed by atoms with Gasteiger partial charge in [-0.1, -0.05) is 29.8 Å². The Hall–Kier alpha value is -2.92. The van der Waals surface area contributed by atoms with E-state index in [-0.39, 0.29) is 15.5 Å². The first-order valence-electron chi connectivity index (χ1n) is 10.9. The minimum Gasteiger partial charge on any atom is -0.325 e. The molecule has 35 heavy (non-hydrogen) atoms. The summed E-state index contributed by atoms with van der Waals surface area (Å²) in [4.78, 5) is 13.0. The number of benzene rings is 3. The van der Waals surface area contributed by atoms with Crippen LogP contribution in [0.1, 0.15) is 12.8 Å². The fourth-order valence-electron chi connectivity index (χ4n) is 3.76. The van der Waals surface area contributed by atoms with Crippen molar-refractivity contribution in [3.05, 3.63) is 83.9 Å². The lowest BCUT2D eigenvalue weighted by atomic mass is 10.3. The third-order valence-corrected chi connectivity index (χ3v) is 9.53. The van der Waals surface area contributed by atoms with Crippen molar-refractivity contribution in [2.75, 3.05) is 29.3 Å². The number of amides is 1. The molecule has 1 aliphatic heterocycles. The molecule has 0 aromatic heterocycles. The van der Waals surface area contributed by atoms with Crippen molar-refractivity contribution in [3.63, 3.8) is 0 Å². The van der Waals surface area contributed by atoms with Crippen molar-refractivity contribution in [2.45, 2.75) is 22.6 Å². The van der Waals surface area contributed by atoms with Gasteiger partial charge in [0.15, 0.2) is 0 Å². The molecule has 3 aromatic carbocycles. The lowest BCUT2D eigenvalue weighted by Gasteiger charge is -2.24. The largest absolute Gasteiger partial charge is 0.325 e. The molecule has 1 saturated heterocycles. The average molecular weight is 534 g/mol. The number of carbonyl (C=O) groups excluding carboxylic acids is 1. The Morgan fingerprint density at radius 1 is 0.829 bits per heavy atom. The van der Waals surface area contributed by atoms with Gasteiger partial charge in [-0.3, -0.25) is 9.10 Å². The van der Waals surface area contributed by atoms with Crippen molar-refractivity contribution in [1.29, 1.82) is 0 Å². The molecule has 0 radical (unpaired) electrons. The normalized spacial score (nSPS) is 14.5. The van der Waals surface area contributed by atoms with E-state index >= 15 is 0 Å². The number of sulfonamides is 2. The van der Waals surface area contributed by atoms with Gasteiger partial charge < -0.3 is 5.32 Å². The van der Waals surface area contributed by atoms with Crippen LogP contribution < -0.4 is 9.62 Å². The number of hydrogen-bond acceptors (Lipinski definition) is 5. The van der Waals surface area contributed by atoms with Gasteiger partial charge >= 0.3 is 0 Å². The summed E-state index contributed by atoms with van der Waals surface area (Å²) in [5.74, 6) is -0.588. The quantitative estimate of drug-likeness (QED) is 0.472. The number of hydrogen-bond donors (Lipinski definition) is 1. The smallest absolute Gasteiger partial charge is 0.264 e. The summed E-state index contributed by atoms with van der Waals surface area (Å²) < 4.78 is 54.5. The molecule has 0 unspecified atom stereocenters. The van der Waals surface area contributed by atoms with Gasteiger partial charge in [-0.2, -0.15) is 4.31 Å². The van der Waals surface area contributed by atoms with E-state index < -0.39 is 32.5 Å². The minimum atomic E-state index is -4.05. The van der Waals surface area contributed by atoms with Gasteiger partial charge in [-0.05, 0) is 73.5 Å². The van der Waals surface area contributed by atoms with Gasteiger partial charge in [-0.15, -0.1) is 0 Å². The van der Waals surface area contributed by atoms with E-state index in [1.165, 1.54) is 52.8 Å². The van der Waals surface area contributed by atoms with Crippen LogP contribution in [0.3, 0.4) is 0 Å². The third kappa shape index (κ3) is 5.67. The minimum absolute atomic E-state index is 0.0409. The molecule has 1 amide bonds. The Labute approximate surface area is 210 Å². The van der Waals surface area contributed by atoms with Gasteiger partial charge in [-0.25, -0.2) is 16.8 Å². The predicted molar refractivity (Wildman–Crippen MR) is 135 cm³/mol. The summed E-state index contributed by atoms with van der Waals surface area (Å²) in [6, 6.07) is 19.8. The molecule has 1 aliphatic rings. The standard InChI is InChI=1S/C24H24ClN3O5S2/c25-19-8-12-21(13-9-19)28(35(32,33)22-6-2-1-3-7-22)18-24(29)26-20-10-14-23(15-11-20)34(30,31)27-16-4-5-17-27/h1-3,6-15H,4-5,16-18H2,(H,26,29). The predicted octanol–water partition coefficient (Wildman–Crippen LogP) is 3.96. The first kappa shape index (κ1) is 25.2. The number of nitrogens with zero attached hydrogens (tertiary/aromatic N) is 2. The molecule has 0 spiro atoms. The summed E-state index contributed by atoms with van der Waals surface area (Å²) in [6.07, 6.45) is 1.67. The molecule has 1 N–H and O–H groups in total. The van der Waals surface area contributed by atoms with Crippen LogP contribution >= 0.6 is 11.6 Å². The highest BCUT2D eigenvalue weighted by Gasteiger charge is 2.28. The molecule has 0 saturated carbocycles. The molecule has 11 heteroatoms. The lowest BCUT2D eigenvalue weighted by Crippen LogP contribution is -2.38. The first-order valence-corrected chi connectivity index (χ1v) is 14.2. The van der Waals surface area contributed by atoms with Crippen LogP contribution in [0.5, 0.6) is 0 Å². The molecule has 0 atom stereocenters. The second-order valence-electron chi connectivity index (χ2n) is 7.98. The Kier molecular flexibility index (Phi) is 7.46. The molecule has 3 aromatic rings. The maximum absolute atomic E-state index is 13.3. The fourth-order valence-corrected chi connectivity index (χ4v) is 6.85. The summed E-state index contributed by atoms with van der Waals surface area (Å²) >= 11 is 5.95. The van der Waals surface area contributed by atoms with Crippen molar-refractivity contribution in [1.82, 2.24) is 4.31 Å². The molecule has 1 fully saturated rings. The molecular formula is C24H24ClN3O5S2. The van der Waals surface area contributed by atoms with Crippen molar-refractivity contribution < 1.29 is 21.6 Å². The Bertz CT molecular complexity index is 1390. The number of rotatable bonds is 8. The summed E-state index contributed by atoms with van der Waals surface area (Å²) in [7, 11) is -7.62. The van der Waals surface area contributed by atoms with E-state index in [1.807, 2.05) is 0 Å². The fraction of sp³-hybridized carbons (Fsp3) is 0.208. The third-order valence-electron chi connectivity index (χ3n) is 5.57. The molecule has 4 rings (SSSR count). The second-order valence-corrected chi connectivity index (χ2v) is 12.2. The molecule has 184 valence electrons. The summed E-state index contributed by atoms with van der Waals surface area (Å²) in [6.45, 7) is 0.501. The van der Waals surface area contributed by atoms with Crippen molar-refractivity contribution in [3.8, 4) is 0 Å². The number of anilines is 2. The number of halogens is 1. The molecule has 0 bridgehead atoms. The number of carbonyl (C=O) groups is 1. The first-order chi connectivity index (χ1) is 16.7. The highest BCUT2D eigenvalue weighted by atomic mass is 35.5. The second kappa shape index (κ2) is 10.4. The van der Waals surface area contributed by atoms with Crippen molar-refractivity contribution in [2.24, 2.45) is 0 Å². The van der Waals surface area contributed by atoms with E-state index in [4.69, 9.17) is 11.6 Å². The van der Waals surface area contributed by atoms with Crippen LogP contribution in [0.25, 0.3) is 0 Å².